The monoisotopic (exact) mass is 264 g/mol. The van der Waals surface area contributed by atoms with Gasteiger partial charge in [-0.2, -0.15) is 0 Å². The summed E-state index contributed by atoms with van der Waals surface area (Å²) < 4.78 is 0. The second kappa shape index (κ2) is 5.35. The highest BCUT2D eigenvalue weighted by Gasteiger charge is 2.07. The van der Waals surface area contributed by atoms with Gasteiger partial charge in [-0.25, -0.2) is 15.0 Å². The zero-order chi connectivity index (χ0) is 13.9. The van der Waals surface area contributed by atoms with Crippen LogP contribution in [0.5, 0.6) is 0 Å². The molecule has 20 heavy (non-hydrogen) atoms. The Kier molecular flexibility index (Phi) is 3.39. The molecule has 1 aromatic carbocycles. The van der Waals surface area contributed by atoms with E-state index in [0.717, 1.165) is 28.7 Å². The molecule has 2 heterocycles. The van der Waals surface area contributed by atoms with Crippen LogP contribution in [0.4, 0.5) is 0 Å². The van der Waals surface area contributed by atoms with Crippen molar-refractivity contribution >= 4 is 10.9 Å². The summed E-state index contributed by atoms with van der Waals surface area (Å²) in [5.41, 5.74) is 9.47. The van der Waals surface area contributed by atoms with Crippen LogP contribution in [0.15, 0.2) is 42.6 Å². The Morgan fingerprint density at radius 2 is 1.95 bits per heavy atom. The van der Waals surface area contributed by atoms with E-state index >= 15 is 0 Å². The average molecular weight is 264 g/mol. The quantitative estimate of drug-likeness (QED) is 0.789. The highest BCUT2D eigenvalue weighted by Crippen LogP contribution is 2.22. The Labute approximate surface area is 117 Å². The van der Waals surface area contributed by atoms with Gasteiger partial charge in [-0.1, -0.05) is 18.2 Å². The largest absolute Gasteiger partial charge is 0.330 e. The fourth-order valence-corrected chi connectivity index (χ4v) is 2.27. The molecule has 0 amide bonds. The van der Waals surface area contributed by atoms with Crippen molar-refractivity contribution in [1.29, 1.82) is 0 Å². The molecular weight excluding hydrogens is 248 g/mol. The predicted octanol–water partition coefficient (Wildman–Crippen LogP) is 2.50. The maximum absolute atomic E-state index is 5.57. The third-order valence-corrected chi connectivity index (χ3v) is 3.27. The minimum absolute atomic E-state index is 0.584. The highest BCUT2D eigenvalue weighted by molar-refractivity contribution is 5.84. The number of nitrogens with zero attached hydrogens (tertiary/aromatic N) is 3. The molecule has 0 unspecified atom stereocenters. The van der Waals surface area contributed by atoms with Crippen molar-refractivity contribution < 1.29 is 0 Å². The standard InChI is InChI=1S/C16H16N4/c1-11-10-15(20-14-5-3-2-4-13(11)14)16-18-9-7-12(19-16)6-8-17/h2-5,7,9-10H,6,8,17H2,1H3. The molecule has 0 aliphatic rings. The summed E-state index contributed by atoms with van der Waals surface area (Å²) >= 11 is 0. The Balaban J connectivity index is 2.12. The molecule has 3 rings (SSSR count). The van der Waals surface area contributed by atoms with E-state index in [9.17, 15) is 0 Å². The Hall–Kier alpha value is -2.33. The first kappa shape index (κ1) is 12.7. The van der Waals surface area contributed by atoms with Crippen LogP contribution in [-0.4, -0.2) is 21.5 Å². The van der Waals surface area contributed by atoms with Gasteiger partial charge in [-0.05, 0) is 37.2 Å². The lowest BCUT2D eigenvalue weighted by Crippen LogP contribution is -2.05. The Morgan fingerprint density at radius 1 is 1.10 bits per heavy atom. The van der Waals surface area contributed by atoms with Crippen LogP contribution in [0, 0.1) is 6.92 Å². The fourth-order valence-electron chi connectivity index (χ4n) is 2.27. The predicted molar refractivity (Wildman–Crippen MR) is 80.3 cm³/mol. The summed E-state index contributed by atoms with van der Waals surface area (Å²) in [5.74, 6) is 0.657. The highest BCUT2D eigenvalue weighted by atomic mass is 14.9. The Morgan fingerprint density at radius 3 is 2.80 bits per heavy atom. The SMILES string of the molecule is Cc1cc(-c2nccc(CCN)n2)nc2ccccc12. The third-order valence-electron chi connectivity index (χ3n) is 3.27. The summed E-state index contributed by atoms with van der Waals surface area (Å²) in [6.07, 6.45) is 2.52. The van der Waals surface area contributed by atoms with Crippen LogP contribution in [0.3, 0.4) is 0 Å². The van der Waals surface area contributed by atoms with E-state index in [0.29, 0.717) is 12.4 Å². The third kappa shape index (κ3) is 2.38. The van der Waals surface area contributed by atoms with E-state index < -0.39 is 0 Å². The molecule has 0 saturated heterocycles. The van der Waals surface area contributed by atoms with Gasteiger partial charge in [0, 0.05) is 23.7 Å². The number of aryl methyl sites for hydroxylation is 1. The van der Waals surface area contributed by atoms with E-state index in [2.05, 4.69) is 27.9 Å². The Bertz CT molecular complexity index is 752. The first-order valence-electron chi connectivity index (χ1n) is 6.66. The molecule has 0 bridgehead atoms. The zero-order valence-electron chi connectivity index (χ0n) is 11.4. The second-order valence-corrected chi connectivity index (χ2v) is 4.75. The molecule has 2 N–H and O–H groups in total. The molecule has 0 saturated carbocycles. The van der Waals surface area contributed by atoms with Crippen molar-refractivity contribution in [2.24, 2.45) is 5.73 Å². The maximum atomic E-state index is 5.57. The second-order valence-electron chi connectivity index (χ2n) is 4.75. The molecule has 0 spiro atoms. The zero-order valence-corrected chi connectivity index (χ0v) is 11.4. The van der Waals surface area contributed by atoms with Gasteiger partial charge in [0.1, 0.15) is 5.69 Å². The number of para-hydroxylation sites is 1. The van der Waals surface area contributed by atoms with Crippen molar-refractivity contribution in [3.63, 3.8) is 0 Å². The molecule has 0 fully saturated rings. The van der Waals surface area contributed by atoms with Crippen molar-refractivity contribution in [3.05, 3.63) is 53.9 Å². The van der Waals surface area contributed by atoms with Gasteiger partial charge in [-0.3, -0.25) is 0 Å². The number of pyridine rings is 1. The molecule has 0 radical (unpaired) electrons. The van der Waals surface area contributed by atoms with Crippen LogP contribution in [0.1, 0.15) is 11.3 Å². The van der Waals surface area contributed by atoms with Crippen LogP contribution in [0.2, 0.25) is 0 Å². The van der Waals surface area contributed by atoms with Crippen molar-refractivity contribution in [1.82, 2.24) is 15.0 Å². The van der Waals surface area contributed by atoms with E-state index in [-0.39, 0.29) is 0 Å². The summed E-state index contributed by atoms with van der Waals surface area (Å²) in [6.45, 7) is 2.66. The number of hydrogen-bond donors (Lipinski definition) is 1. The molecular formula is C16H16N4. The van der Waals surface area contributed by atoms with Crippen molar-refractivity contribution in [2.45, 2.75) is 13.3 Å². The summed E-state index contributed by atoms with van der Waals surface area (Å²) in [5, 5.41) is 1.16. The average Bonchev–Trinajstić information content (AvgIpc) is 2.48. The van der Waals surface area contributed by atoms with E-state index in [1.807, 2.05) is 30.3 Å². The minimum Gasteiger partial charge on any atom is -0.330 e. The molecule has 0 atom stereocenters. The van der Waals surface area contributed by atoms with Crippen LogP contribution in [0.25, 0.3) is 22.4 Å². The molecule has 4 heteroatoms. The van der Waals surface area contributed by atoms with Gasteiger partial charge >= 0.3 is 0 Å². The summed E-state index contributed by atoms with van der Waals surface area (Å²) in [7, 11) is 0. The smallest absolute Gasteiger partial charge is 0.178 e. The first-order chi connectivity index (χ1) is 9.78. The van der Waals surface area contributed by atoms with Crippen molar-refractivity contribution in [3.8, 4) is 11.5 Å². The maximum Gasteiger partial charge on any atom is 0.178 e. The summed E-state index contributed by atoms with van der Waals surface area (Å²) in [6, 6.07) is 12.0. The van der Waals surface area contributed by atoms with Gasteiger partial charge in [0.05, 0.1) is 5.52 Å². The van der Waals surface area contributed by atoms with Gasteiger partial charge < -0.3 is 5.73 Å². The van der Waals surface area contributed by atoms with E-state index in [4.69, 9.17) is 5.73 Å². The molecule has 0 aliphatic carbocycles. The van der Waals surface area contributed by atoms with E-state index in [1.54, 1.807) is 6.20 Å². The molecule has 0 aliphatic heterocycles. The van der Waals surface area contributed by atoms with Gasteiger partial charge in [-0.15, -0.1) is 0 Å². The number of aromatic nitrogens is 3. The molecule has 100 valence electrons. The van der Waals surface area contributed by atoms with Crippen LogP contribution in [-0.2, 0) is 6.42 Å². The lowest BCUT2D eigenvalue weighted by atomic mass is 10.1. The number of nitrogens with two attached hydrogens (primary N) is 1. The number of hydrogen-bond acceptors (Lipinski definition) is 4. The molecule has 3 aromatic rings. The van der Waals surface area contributed by atoms with E-state index in [1.165, 1.54) is 5.56 Å². The molecule has 4 nitrogen and oxygen atoms in total. The first-order valence-corrected chi connectivity index (χ1v) is 6.66. The fraction of sp³-hybridized carbons (Fsp3) is 0.188. The van der Waals surface area contributed by atoms with Gasteiger partial charge in [0.2, 0.25) is 0 Å². The normalized spacial score (nSPS) is 10.9. The summed E-state index contributed by atoms with van der Waals surface area (Å²) in [4.78, 5) is 13.5. The van der Waals surface area contributed by atoms with Crippen LogP contribution >= 0.6 is 0 Å². The van der Waals surface area contributed by atoms with Crippen LogP contribution < -0.4 is 5.73 Å². The lowest BCUT2D eigenvalue weighted by molar-refractivity contribution is 0.911. The number of benzene rings is 1. The topological polar surface area (TPSA) is 64.7 Å². The molecule has 2 aromatic heterocycles. The number of rotatable bonds is 3. The van der Waals surface area contributed by atoms with Crippen molar-refractivity contribution in [2.75, 3.05) is 6.54 Å². The van der Waals surface area contributed by atoms with Gasteiger partial charge in [0.25, 0.3) is 0 Å². The van der Waals surface area contributed by atoms with Gasteiger partial charge in [0.15, 0.2) is 5.82 Å². The minimum atomic E-state index is 0.584. The lowest BCUT2D eigenvalue weighted by Gasteiger charge is -2.06. The number of fused-ring (bicyclic) bond motifs is 1.